The van der Waals surface area contributed by atoms with E-state index in [9.17, 15) is 13.2 Å². The quantitative estimate of drug-likeness (QED) is 0.682. The van der Waals surface area contributed by atoms with Crippen molar-refractivity contribution in [3.63, 3.8) is 0 Å². The van der Waals surface area contributed by atoms with Crippen LogP contribution in [0.1, 0.15) is 51.0 Å². The lowest BCUT2D eigenvalue weighted by Gasteiger charge is -2.16. The summed E-state index contributed by atoms with van der Waals surface area (Å²) in [7, 11) is 0. The Balaban J connectivity index is 2.99. The molecule has 16 heavy (non-hydrogen) atoms. The average Bonchev–Trinajstić information content (AvgIpc) is 2.21. The summed E-state index contributed by atoms with van der Waals surface area (Å²) in [5, 5.41) is 0. The van der Waals surface area contributed by atoms with Crippen molar-refractivity contribution in [1.82, 2.24) is 0 Å². The third-order valence-corrected chi connectivity index (χ3v) is 2.85. The summed E-state index contributed by atoms with van der Waals surface area (Å²) in [4.78, 5) is 0. The van der Waals surface area contributed by atoms with Crippen molar-refractivity contribution >= 4 is 0 Å². The molecule has 0 heterocycles. The monoisotopic (exact) mass is 230 g/mol. The Morgan fingerprint density at radius 1 is 1.06 bits per heavy atom. The van der Waals surface area contributed by atoms with Crippen molar-refractivity contribution in [1.29, 1.82) is 0 Å². The van der Waals surface area contributed by atoms with Crippen LogP contribution in [0.2, 0.25) is 0 Å². The van der Waals surface area contributed by atoms with Crippen LogP contribution in [0.5, 0.6) is 0 Å². The van der Waals surface area contributed by atoms with E-state index in [1.165, 1.54) is 0 Å². The van der Waals surface area contributed by atoms with Crippen molar-refractivity contribution in [3.8, 4) is 0 Å². The summed E-state index contributed by atoms with van der Waals surface area (Å²) in [6, 6.07) is 1.51. The molecule has 0 bridgehead atoms. The van der Waals surface area contributed by atoms with Crippen LogP contribution >= 0.6 is 0 Å². The van der Waals surface area contributed by atoms with E-state index in [1.54, 1.807) is 0 Å². The van der Waals surface area contributed by atoms with Gasteiger partial charge in [-0.2, -0.15) is 0 Å². The molecule has 0 N–H and O–H groups in total. The normalized spacial score (nSPS) is 12.8. The molecular weight excluding hydrogens is 213 g/mol. The van der Waals surface area contributed by atoms with Gasteiger partial charge in [0, 0.05) is 17.7 Å². The van der Waals surface area contributed by atoms with Gasteiger partial charge in [0.15, 0.2) is 0 Å². The van der Waals surface area contributed by atoms with Gasteiger partial charge in [-0.15, -0.1) is 0 Å². The Bertz CT molecular complexity index is 324. The summed E-state index contributed by atoms with van der Waals surface area (Å²) >= 11 is 0. The number of hydrogen-bond acceptors (Lipinski definition) is 0. The second-order valence-corrected chi connectivity index (χ2v) is 4.03. The zero-order chi connectivity index (χ0) is 12.1. The molecule has 0 radical (unpaired) electrons. The fraction of sp³-hybridized carbons (Fsp3) is 0.538. The smallest absolute Gasteiger partial charge is 0.132 e. The number of unbranched alkanes of at least 4 members (excludes halogenated alkanes) is 1. The molecule has 0 saturated carbocycles. The van der Waals surface area contributed by atoms with Gasteiger partial charge in [-0.3, -0.25) is 0 Å². The Morgan fingerprint density at radius 2 is 1.62 bits per heavy atom. The van der Waals surface area contributed by atoms with Crippen molar-refractivity contribution in [2.45, 2.75) is 45.4 Å². The molecule has 0 amide bonds. The summed E-state index contributed by atoms with van der Waals surface area (Å²) in [6.07, 6.45) is 3.32. The Labute approximate surface area is 94.5 Å². The first kappa shape index (κ1) is 13.1. The highest BCUT2D eigenvalue weighted by molar-refractivity contribution is 5.24. The zero-order valence-corrected chi connectivity index (χ0v) is 9.69. The Morgan fingerprint density at radius 3 is 2.06 bits per heavy atom. The second kappa shape index (κ2) is 5.92. The zero-order valence-electron chi connectivity index (χ0n) is 9.69. The van der Waals surface area contributed by atoms with Crippen molar-refractivity contribution in [3.05, 3.63) is 35.1 Å². The number of halogens is 3. The molecule has 3 heteroatoms. The summed E-state index contributed by atoms with van der Waals surface area (Å²) < 4.78 is 39.7. The minimum Gasteiger partial charge on any atom is -0.207 e. The molecule has 0 spiro atoms. The van der Waals surface area contributed by atoms with Crippen molar-refractivity contribution in [2.75, 3.05) is 0 Å². The second-order valence-electron chi connectivity index (χ2n) is 4.03. The van der Waals surface area contributed by atoms with Crippen LogP contribution < -0.4 is 0 Å². The number of benzene rings is 1. The van der Waals surface area contributed by atoms with Gasteiger partial charge >= 0.3 is 0 Å². The lowest BCUT2D eigenvalue weighted by atomic mass is 9.90. The van der Waals surface area contributed by atoms with E-state index in [2.05, 4.69) is 0 Å². The predicted molar refractivity (Wildman–Crippen MR) is 58.9 cm³/mol. The van der Waals surface area contributed by atoms with Crippen molar-refractivity contribution < 1.29 is 13.2 Å². The average molecular weight is 230 g/mol. The van der Waals surface area contributed by atoms with Gasteiger partial charge in [-0.05, 0) is 18.8 Å². The summed E-state index contributed by atoms with van der Waals surface area (Å²) in [5.74, 6) is -2.54. The number of hydrogen-bond donors (Lipinski definition) is 0. The molecule has 1 aromatic rings. The molecule has 0 aliphatic rings. The van der Waals surface area contributed by atoms with Crippen LogP contribution in [-0.4, -0.2) is 0 Å². The maximum absolute atomic E-state index is 13.5. The van der Waals surface area contributed by atoms with E-state index < -0.39 is 17.5 Å². The molecular formula is C13H17F3. The third-order valence-electron chi connectivity index (χ3n) is 2.85. The summed E-state index contributed by atoms with van der Waals surface area (Å²) in [6.45, 7) is 3.92. The van der Waals surface area contributed by atoms with E-state index in [1.807, 2.05) is 13.8 Å². The topological polar surface area (TPSA) is 0 Å². The molecule has 1 rings (SSSR count). The lowest BCUT2D eigenvalue weighted by Crippen LogP contribution is -2.05. The van der Waals surface area contributed by atoms with Gasteiger partial charge in [0.1, 0.15) is 17.5 Å². The van der Waals surface area contributed by atoms with Gasteiger partial charge < -0.3 is 0 Å². The van der Waals surface area contributed by atoms with Crippen LogP contribution in [0.25, 0.3) is 0 Å². The Kier molecular flexibility index (Phi) is 4.84. The maximum Gasteiger partial charge on any atom is 0.132 e. The molecule has 1 unspecified atom stereocenters. The Hall–Kier alpha value is -0.990. The number of rotatable bonds is 5. The molecule has 90 valence electrons. The fourth-order valence-corrected chi connectivity index (χ4v) is 1.95. The summed E-state index contributed by atoms with van der Waals surface area (Å²) in [5.41, 5.74) is 0.0392. The maximum atomic E-state index is 13.5. The van der Waals surface area contributed by atoms with E-state index in [4.69, 9.17) is 0 Å². The molecule has 1 aromatic carbocycles. The minimum atomic E-state index is -0.857. The van der Waals surface area contributed by atoms with Gasteiger partial charge in [0.05, 0.1) is 0 Å². The molecule has 0 fully saturated rings. The van der Waals surface area contributed by atoms with Crippen LogP contribution in [0.4, 0.5) is 13.2 Å². The lowest BCUT2D eigenvalue weighted by molar-refractivity contribution is 0.474. The van der Waals surface area contributed by atoms with E-state index in [-0.39, 0.29) is 11.5 Å². The van der Waals surface area contributed by atoms with Crippen LogP contribution in [0.3, 0.4) is 0 Å². The molecule has 0 aromatic heterocycles. The predicted octanol–water partition coefficient (Wildman–Crippen LogP) is 4.79. The van der Waals surface area contributed by atoms with Crippen molar-refractivity contribution in [2.24, 2.45) is 0 Å². The standard InChI is InChI=1S/C13H17F3/c1-3-5-6-9(4-2)13-11(15)7-10(14)8-12(13)16/h7-9H,3-6H2,1-2H3. The largest absolute Gasteiger partial charge is 0.207 e. The molecule has 0 saturated heterocycles. The first-order valence-corrected chi connectivity index (χ1v) is 5.74. The molecule has 1 atom stereocenters. The van der Waals surface area contributed by atoms with E-state index in [0.717, 1.165) is 31.4 Å². The molecule has 0 nitrogen and oxygen atoms in total. The molecule has 0 aliphatic carbocycles. The SMILES string of the molecule is CCCCC(CC)c1c(F)cc(F)cc1F. The minimum absolute atomic E-state index is 0.0392. The highest BCUT2D eigenvalue weighted by Gasteiger charge is 2.19. The highest BCUT2D eigenvalue weighted by Crippen LogP contribution is 2.30. The highest BCUT2D eigenvalue weighted by atomic mass is 19.1. The van der Waals surface area contributed by atoms with Gasteiger partial charge in [0.25, 0.3) is 0 Å². The van der Waals surface area contributed by atoms with Crippen LogP contribution in [0, 0.1) is 17.5 Å². The van der Waals surface area contributed by atoms with Gasteiger partial charge in [0.2, 0.25) is 0 Å². The van der Waals surface area contributed by atoms with Crippen LogP contribution in [0.15, 0.2) is 12.1 Å². The first-order chi connectivity index (χ1) is 7.60. The van der Waals surface area contributed by atoms with E-state index in [0.29, 0.717) is 6.42 Å². The van der Waals surface area contributed by atoms with Gasteiger partial charge in [-0.1, -0.05) is 26.7 Å². The fourth-order valence-electron chi connectivity index (χ4n) is 1.95. The molecule has 0 aliphatic heterocycles. The van der Waals surface area contributed by atoms with Gasteiger partial charge in [-0.25, -0.2) is 13.2 Å². The van der Waals surface area contributed by atoms with E-state index >= 15 is 0 Å². The first-order valence-electron chi connectivity index (χ1n) is 5.74. The van der Waals surface area contributed by atoms with Crippen LogP contribution in [-0.2, 0) is 0 Å². The third kappa shape index (κ3) is 3.00.